The summed E-state index contributed by atoms with van der Waals surface area (Å²) in [6.45, 7) is 4.20. The lowest BCUT2D eigenvalue weighted by Crippen LogP contribution is -2.06. The number of aryl methyl sites for hydroxylation is 1. The first-order chi connectivity index (χ1) is 9.26. The van der Waals surface area contributed by atoms with E-state index in [1.54, 1.807) is 11.8 Å². The van der Waals surface area contributed by atoms with E-state index in [9.17, 15) is 0 Å². The molecule has 1 aromatic heterocycles. The molecule has 1 N–H and O–H groups in total. The second kappa shape index (κ2) is 5.21. The zero-order valence-corrected chi connectivity index (χ0v) is 12.0. The molecule has 0 radical (unpaired) electrons. The van der Waals surface area contributed by atoms with Crippen molar-refractivity contribution in [1.82, 2.24) is 4.98 Å². The molecule has 19 heavy (non-hydrogen) atoms. The number of anilines is 1. The SMILES string of the molecule is CCC1CSC(Nc2cccc3ccc(C)nc23)=N1. The Bertz CT molecular complexity index is 636. The second-order valence-corrected chi connectivity index (χ2v) is 5.77. The lowest BCUT2D eigenvalue weighted by Gasteiger charge is -2.08. The number of thioether (sulfide) groups is 1. The van der Waals surface area contributed by atoms with Crippen molar-refractivity contribution in [2.45, 2.75) is 26.3 Å². The molecule has 0 saturated heterocycles. The number of fused-ring (bicyclic) bond motifs is 1. The van der Waals surface area contributed by atoms with Gasteiger partial charge in [-0.3, -0.25) is 9.98 Å². The average Bonchev–Trinajstić information content (AvgIpc) is 2.87. The summed E-state index contributed by atoms with van der Waals surface area (Å²) in [6.07, 6.45) is 1.10. The number of amidine groups is 1. The largest absolute Gasteiger partial charge is 0.333 e. The number of benzene rings is 1. The van der Waals surface area contributed by atoms with E-state index in [-0.39, 0.29) is 0 Å². The van der Waals surface area contributed by atoms with E-state index in [4.69, 9.17) is 0 Å². The van der Waals surface area contributed by atoms with Crippen LogP contribution in [0.25, 0.3) is 10.9 Å². The van der Waals surface area contributed by atoms with Gasteiger partial charge in [0.25, 0.3) is 0 Å². The third kappa shape index (κ3) is 2.59. The normalized spacial score (nSPS) is 18.6. The van der Waals surface area contributed by atoms with E-state index in [1.165, 1.54) is 0 Å². The summed E-state index contributed by atoms with van der Waals surface area (Å²) in [5, 5.41) is 5.60. The fourth-order valence-electron chi connectivity index (χ4n) is 2.15. The van der Waals surface area contributed by atoms with Crippen molar-refractivity contribution >= 4 is 33.5 Å². The molecule has 3 rings (SSSR count). The van der Waals surface area contributed by atoms with Gasteiger partial charge in [-0.1, -0.05) is 36.9 Å². The fourth-order valence-corrected chi connectivity index (χ4v) is 3.22. The molecule has 98 valence electrons. The first-order valence-corrected chi connectivity index (χ1v) is 7.59. The van der Waals surface area contributed by atoms with Crippen LogP contribution >= 0.6 is 11.8 Å². The maximum Gasteiger partial charge on any atom is 0.161 e. The molecule has 1 aliphatic heterocycles. The molecule has 1 unspecified atom stereocenters. The number of hydrogen-bond donors (Lipinski definition) is 1. The third-order valence-electron chi connectivity index (χ3n) is 3.28. The molecule has 2 aromatic rings. The second-order valence-electron chi connectivity index (χ2n) is 4.76. The molecule has 0 saturated carbocycles. The molecule has 1 atom stereocenters. The number of hydrogen-bond acceptors (Lipinski definition) is 4. The van der Waals surface area contributed by atoms with Gasteiger partial charge in [0.2, 0.25) is 0 Å². The van der Waals surface area contributed by atoms with Crippen LogP contribution in [-0.2, 0) is 0 Å². The zero-order chi connectivity index (χ0) is 13.2. The van der Waals surface area contributed by atoms with Gasteiger partial charge in [-0.25, -0.2) is 0 Å². The summed E-state index contributed by atoms with van der Waals surface area (Å²) < 4.78 is 0. The minimum Gasteiger partial charge on any atom is -0.333 e. The van der Waals surface area contributed by atoms with E-state index in [0.717, 1.165) is 39.6 Å². The molecule has 0 amide bonds. The Balaban J connectivity index is 1.95. The minimum atomic E-state index is 0.456. The standard InChI is InChI=1S/C15H17N3S/c1-3-12-9-19-15(17-12)18-13-6-4-5-11-8-7-10(2)16-14(11)13/h4-8,12H,3,9H2,1-2H3,(H,17,18). The van der Waals surface area contributed by atoms with Crippen LogP contribution < -0.4 is 5.32 Å². The number of nitrogens with zero attached hydrogens (tertiary/aromatic N) is 2. The quantitative estimate of drug-likeness (QED) is 0.901. The maximum atomic E-state index is 4.67. The van der Waals surface area contributed by atoms with E-state index >= 15 is 0 Å². The van der Waals surface area contributed by atoms with E-state index < -0.39 is 0 Å². The number of aliphatic imine (C=N–C) groups is 1. The highest BCUT2D eigenvalue weighted by atomic mass is 32.2. The summed E-state index contributed by atoms with van der Waals surface area (Å²) in [5.41, 5.74) is 3.10. The highest BCUT2D eigenvalue weighted by Gasteiger charge is 2.17. The van der Waals surface area contributed by atoms with Gasteiger partial charge >= 0.3 is 0 Å². The van der Waals surface area contributed by atoms with Crippen molar-refractivity contribution in [1.29, 1.82) is 0 Å². The van der Waals surface area contributed by atoms with Gasteiger partial charge in [0.15, 0.2) is 5.17 Å². The van der Waals surface area contributed by atoms with Crippen molar-refractivity contribution < 1.29 is 0 Å². The van der Waals surface area contributed by atoms with Gasteiger partial charge in [0, 0.05) is 16.8 Å². The molecular formula is C15H17N3S. The lowest BCUT2D eigenvalue weighted by molar-refractivity contribution is 0.738. The molecule has 1 aromatic carbocycles. The third-order valence-corrected chi connectivity index (χ3v) is 4.32. The van der Waals surface area contributed by atoms with Gasteiger partial charge in [0.05, 0.1) is 17.2 Å². The van der Waals surface area contributed by atoms with E-state index in [0.29, 0.717) is 6.04 Å². The van der Waals surface area contributed by atoms with Crippen LogP contribution in [0.3, 0.4) is 0 Å². The number of para-hydroxylation sites is 1. The summed E-state index contributed by atoms with van der Waals surface area (Å²) in [6, 6.07) is 10.8. The van der Waals surface area contributed by atoms with Gasteiger partial charge in [-0.05, 0) is 25.5 Å². The Hall–Kier alpha value is -1.55. The van der Waals surface area contributed by atoms with Crippen molar-refractivity contribution in [3.8, 4) is 0 Å². The number of rotatable bonds is 2. The predicted octanol–water partition coefficient (Wildman–Crippen LogP) is 3.84. The number of pyridine rings is 1. The molecule has 3 nitrogen and oxygen atoms in total. The molecule has 4 heteroatoms. The van der Waals surface area contributed by atoms with E-state index in [1.807, 2.05) is 13.0 Å². The molecule has 0 bridgehead atoms. The topological polar surface area (TPSA) is 37.3 Å². The van der Waals surface area contributed by atoms with Gasteiger partial charge in [0.1, 0.15) is 0 Å². The van der Waals surface area contributed by atoms with Crippen LogP contribution in [0.5, 0.6) is 0 Å². The van der Waals surface area contributed by atoms with Gasteiger partial charge < -0.3 is 5.32 Å². The Morgan fingerprint density at radius 1 is 1.32 bits per heavy atom. The van der Waals surface area contributed by atoms with E-state index in [2.05, 4.69) is 46.5 Å². The summed E-state index contributed by atoms with van der Waals surface area (Å²) >= 11 is 1.79. The summed E-state index contributed by atoms with van der Waals surface area (Å²) in [5.74, 6) is 1.08. The zero-order valence-electron chi connectivity index (χ0n) is 11.2. The molecule has 1 aliphatic rings. The van der Waals surface area contributed by atoms with Crippen LogP contribution in [0.15, 0.2) is 35.3 Å². The maximum absolute atomic E-state index is 4.67. The van der Waals surface area contributed by atoms with Crippen LogP contribution in [0.2, 0.25) is 0 Å². The van der Waals surface area contributed by atoms with Gasteiger partial charge in [-0.15, -0.1) is 0 Å². The fraction of sp³-hybridized carbons (Fsp3) is 0.333. The molecule has 0 aliphatic carbocycles. The molecule has 0 fully saturated rings. The Morgan fingerprint density at radius 3 is 3.00 bits per heavy atom. The van der Waals surface area contributed by atoms with Crippen molar-refractivity contribution in [3.63, 3.8) is 0 Å². The monoisotopic (exact) mass is 271 g/mol. The Morgan fingerprint density at radius 2 is 2.21 bits per heavy atom. The minimum absolute atomic E-state index is 0.456. The van der Waals surface area contributed by atoms with Crippen molar-refractivity contribution in [2.24, 2.45) is 4.99 Å². The Labute approximate surface area is 117 Å². The highest BCUT2D eigenvalue weighted by molar-refractivity contribution is 8.14. The first-order valence-electron chi connectivity index (χ1n) is 6.60. The van der Waals surface area contributed by atoms with Crippen LogP contribution in [0.4, 0.5) is 5.69 Å². The highest BCUT2D eigenvalue weighted by Crippen LogP contribution is 2.26. The summed E-state index contributed by atoms with van der Waals surface area (Å²) in [4.78, 5) is 9.30. The van der Waals surface area contributed by atoms with Crippen LogP contribution in [0, 0.1) is 6.92 Å². The molecule has 2 heterocycles. The van der Waals surface area contributed by atoms with Gasteiger partial charge in [-0.2, -0.15) is 0 Å². The smallest absolute Gasteiger partial charge is 0.161 e. The lowest BCUT2D eigenvalue weighted by atomic mass is 10.2. The average molecular weight is 271 g/mol. The Kier molecular flexibility index (Phi) is 3.42. The molecular weight excluding hydrogens is 254 g/mol. The summed E-state index contributed by atoms with van der Waals surface area (Å²) in [7, 11) is 0. The van der Waals surface area contributed by atoms with Crippen LogP contribution in [-0.4, -0.2) is 21.9 Å². The predicted molar refractivity (Wildman–Crippen MR) is 84.1 cm³/mol. The number of nitrogens with one attached hydrogen (secondary N) is 1. The first kappa shape index (κ1) is 12.5. The molecule has 0 spiro atoms. The van der Waals surface area contributed by atoms with Crippen molar-refractivity contribution in [3.05, 3.63) is 36.0 Å². The van der Waals surface area contributed by atoms with Crippen LogP contribution in [0.1, 0.15) is 19.0 Å². The number of aromatic nitrogens is 1. The van der Waals surface area contributed by atoms with Crippen molar-refractivity contribution in [2.75, 3.05) is 11.1 Å².